The fourth-order valence-corrected chi connectivity index (χ4v) is 2.36. The van der Waals surface area contributed by atoms with Crippen LogP contribution in [0.15, 0.2) is 46.9 Å². The number of H-pyrrole nitrogens is 1. The number of benzene rings is 2. The number of rotatable bonds is 2. The summed E-state index contributed by atoms with van der Waals surface area (Å²) in [5.41, 5.74) is 9.18. The van der Waals surface area contributed by atoms with E-state index in [1.165, 1.54) is 0 Å². The normalized spacial score (nSPS) is 10.7. The van der Waals surface area contributed by atoms with E-state index >= 15 is 0 Å². The number of anilines is 1. The van der Waals surface area contributed by atoms with Crippen molar-refractivity contribution in [3.05, 3.63) is 46.9 Å². The molecule has 1 heterocycles. The molecule has 3 rings (SSSR count). The van der Waals surface area contributed by atoms with Gasteiger partial charge in [0, 0.05) is 15.7 Å². The van der Waals surface area contributed by atoms with E-state index in [1.54, 1.807) is 0 Å². The highest BCUT2D eigenvalue weighted by Crippen LogP contribution is 2.24. The summed E-state index contributed by atoms with van der Waals surface area (Å²) in [6, 6.07) is 13.8. The van der Waals surface area contributed by atoms with E-state index in [2.05, 4.69) is 31.2 Å². The van der Waals surface area contributed by atoms with E-state index < -0.39 is 0 Å². The molecule has 6 heteroatoms. The molecule has 0 spiro atoms. The van der Waals surface area contributed by atoms with Gasteiger partial charge in [-0.2, -0.15) is 0 Å². The van der Waals surface area contributed by atoms with Crippen LogP contribution in [0.3, 0.4) is 0 Å². The first-order valence-electron chi connectivity index (χ1n) is 5.94. The summed E-state index contributed by atoms with van der Waals surface area (Å²) in [7, 11) is 0. The molecule has 2 aromatic carbocycles. The van der Waals surface area contributed by atoms with Crippen LogP contribution >= 0.6 is 28.1 Å². The molecule has 0 aliphatic carbocycles. The first-order chi connectivity index (χ1) is 9.61. The number of nitrogens with zero attached hydrogens (tertiary/aromatic N) is 1. The number of thiocarbonyl (C=S) groups is 1. The second kappa shape index (κ2) is 5.22. The number of imidazole rings is 1. The Morgan fingerprint density at radius 2 is 1.95 bits per heavy atom. The first kappa shape index (κ1) is 13.1. The highest BCUT2D eigenvalue weighted by molar-refractivity contribution is 9.10. The van der Waals surface area contributed by atoms with Gasteiger partial charge in [-0.25, -0.2) is 4.98 Å². The molecule has 0 aliphatic heterocycles. The minimum absolute atomic E-state index is 0.247. The summed E-state index contributed by atoms with van der Waals surface area (Å²) >= 11 is 8.25. The van der Waals surface area contributed by atoms with Gasteiger partial charge in [0.25, 0.3) is 0 Å². The fourth-order valence-electron chi connectivity index (χ4n) is 1.97. The minimum Gasteiger partial charge on any atom is -0.376 e. The van der Waals surface area contributed by atoms with Crippen LogP contribution in [0.4, 0.5) is 5.69 Å². The Kier molecular flexibility index (Phi) is 3.42. The number of hydrogen-bond donors (Lipinski definition) is 3. The maximum atomic E-state index is 5.47. The van der Waals surface area contributed by atoms with Gasteiger partial charge in [0.15, 0.2) is 5.11 Å². The monoisotopic (exact) mass is 346 g/mol. The third-order valence-corrected chi connectivity index (χ3v) is 3.50. The standard InChI is InChI=1S/C14H11BrN4S/c15-9-3-1-8(2-4-9)13-18-11-6-5-10(17-14(16)20)7-12(11)19-13/h1-7H,(H,18,19)(H3,16,17,20). The first-order valence-corrected chi connectivity index (χ1v) is 7.14. The van der Waals surface area contributed by atoms with Crippen molar-refractivity contribution in [2.75, 3.05) is 5.32 Å². The van der Waals surface area contributed by atoms with Crippen molar-refractivity contribution in [3.63, 3.8) is 0 Å². The summed E-state index contributed by atoms with van der Waals surface area (Å²) < 4.78 is 1.04. The van der Waals surface area contributed by atoms with Gasteiger partial charge in [0.2, 0.25) is 0 Å². The van der Waals surface area contributed by atoms with Crippen LogP contribution < -0.4 is 11.1 Å². The van der Waals surface area contributed by atoms with E-state index in [4.69, 9.17) is 18.0 Å². The van der Waals surface area contributed by atoms with Crippen LogP contribution in [0.25, 0.3) is 22.4 Å². The maximum absolute atomic E-state index is 5.47. The second-order valence-corrected chi connectivity index (χ2v) is 5.67. The Morgan fingerprint density at radius 3 is 2.65 bits per heavy atom. The van der Waals surface area contributed by atoms with Crippen molar-refractivity contribution >= 4 is 50.0 Å². The molecule has 20 heavy (non-hydrogen) atoms. The summed E-state index contributed by atoms with van der Waals surface area (Å²) in [5.74, 6) is 0.833. The van der Waals surface area contributed by atoms with Gasteiger partial charge in [-0.3, -0.25) is 0 Å². The Hall–Kier alpha value is -1.92. The van der Waals surface area contributed by atoms with Crippen LogP contribution in [0.1, 0.15) is 0 Å². The maximum Gasteiger partial charge on any atom is 0.168 e. The SMILES string of the molecule is NC(=S)Nc1ccc2nc(-c3ccc(Br)cc3)[nH]c2c1. The molecule has 100 valence electrons. The molecule has 0 bridgehead atoms. The number of nitrogens with one attached hydrogen (secondary N) is 2. The molecular formula is C14H11BrN4S. The minimum atomic E-state index is 0.247. The molecule has 0 radical (unpaired) electrons. The van der Waals surface area contributed by atoms with Gasteiger partial charge in [-0.1, -0.05) is 28.1 Å². The zero-order valence-electron chi connectivity index (χ0n) is 10.4. The number of fused-ring (bicyclic) bond motifs is 1. The van der Waals surface area contributed by atoms with Crippen molar-refractivity contribution in [2.24, 2.45) is 5.73 Å². The lowest BCUT2D eigenvalue weighted by Gasteiger charge is -2.02. The van der Waals surface area contributed by atoms with E-state index in [1.807, 2.05) is 42.5 Å². The van der Waals surface area contributed by atoms with Crippen molar-refractivity contribution in [1.29, 1.82) is 0 Å². The molecule has 0 saturated carbocycles. The lowest BCUT2D eigenvalue weighted by Crippen LogP contribution is -2.18. The van der Waals surface area contributed by atoms with Crippen LogP contribution in [0.5, 0.6) is 0 Å². The summed E-state index contributed by atoms with van der Waals surface area (Å²) in [6.07, 6.45) is 0. The average Bonchev–Trinajstić information content (AvgIpc) is 2.81. The highest BCUT2D eigenvalue weighted by Gasteiger charge is 2.06. The Labute approximate surface area is 129 Å². The molecule has 0 atom stereocenters. The molecule has 4 N–H and O–H groups in total. The van der Waals surface area contributed by atoms with E-state index in [9.17, 15) is 0 Å². The lowest BCUT2D eigenvalue weighted by atomic mass is 10.2. The smallest absolute Gasteiger partial charge is 0.168 e. The number of nitrogens with two attached hydrogens (primary N) is 1. The predicted octanol–water partition coefficient (Wildman–Crippen LogP) is 3.65. The molecule has 3 aromatic rings. The van der Waals surface area contributed by atoms with Crippen LogP contribution in [-0.4, -0.2) is 15.1 Å². The van der Waals surface area contributed by atoms with Crippen LogP contribution in [0.2, 0.25) is 0 Å². The number of hydrogen-bond acceptors (Lipinski definition) is 2. The summed E-state index contributed by atoms with van der Waals surface area (Å²) in [5, 5.41) is 3.16. The van der Waals surface area contributed by atoms with Crippen molar-refractivity contribution in [2.45, 2.75) is 0 Å². The number of aromatic nitrogens is 2. The molecule has 4 nitrogen and oxygen atoms in total. The molecule has 0 fully saturated rings. The van der Waals surface area contributed by atoms with E-state index in [0.29, 0.717) is 0 Å². The Balaban J connectivity index is 2.01. The summed E-state index contributed by atoms with van der Waals surface area (Å²) in [4.78, 5) is 7.86. The van der Waals surface area contributed by atoms with Crippen molar-refractivity contribution in [3.8, 4) is 11.4 Å². The fraction of sp³-hybridized carbons (Fsp3) is 0. The zero-order valence-corrected chi connectivity index (χ0v) is 12.8. The molecular weight excluding hydrogens is 336 g/mol. The third kappa shape index (κ3) is 2.66. The number of aromatic amines is 1. The second-order valence-electron chi connectivity index (χ2n) is 4.31. The van der Waals surface area contributed by atoms with Gasteiger partial charge < -0.3 is 16.0 Å². The number of halogens is 1. The average molecular weight is 347 g/mol. The van der Waals surface area contributed by atoms with Gasteiger partial charge in [0.1, 0.15) is 5.82 Å². The highest BCUT2D eigenvalue weighted by atomic mass is 79.9. The topological polar surface area (TPSA) is 66.7 Å². The van der Waals surface area contributed by atoms with E-state index in [-0.39, 0.29) is 5.11 Å². The zero-order chi connectivity index (χ0) is 14.1. The van der Waals surface area contributed by atoms with E-state index in [0.717, 1.165) is 32.6 Å². The molecule has 1 aromatic heterocycles. The van der Waals surface area contributed by atoms with Gasteiger partial charge in [0.05, 0.1) is 11.0 Å². The van der Waals surface area contributed by atoms with Crippen LogP contribution in [0, 0.1) is 0 Å². The Morgan fingerprint density at radius 1 is 1.20 bits per heavy atom. The molecule has 0 saturated heterocycles. The Bertz CT molecular complexity index is 779. The quantitative estimate of drug-likeness (QED) is 0.619. The van der Waals surface area contributed by atoms with Crippen molar-refractivity contribution < 1.29 is 0 Å². The molecule has 0 amide bonds. The molecule has 0 unspecified atom stereocenters. The van der Waals surface area contributed by atoms with Gasteiger partial charge in [-0.05, 0) is 42.5 Å². The predicted molar refractivity (Wildman–Crippen MR) is 89.6 cm³/mol. The van der Waals surface area contributed by atoms with Gasteiger partial charge in [-0.15, -0.1) is 0 Å². The van der Waals surface area contributed by atoms with Gasteiger partial charge >= 0.3 is 0 Å². The third-order valence-electron chi connectivity index (χ3n) is 2.87. The van der Waals surface area contributed by atoms with Crippen molar-refractivity contribution in [1.82, 2.24) is 9.97 Å². The van der Waals surface area contributed by atoms with Crippen LogP contribution in [-0.2, 0) is 0 Å². The lowest BCUT2D eigenvalue weighted by molar-refractivity contribution is 1.33. The molecule has 0 aliphatic rings. The summed E-state index contributed by atoms with van der Waals surface area (Å²) in [6.45, 7) is 0. The largest absolute Gasteiger partial charge is 0.376 e.